The molecule has 160 valence electrons. The first-order chi connectivity index (χ1) is 16.2. The van der Waals surface area contributed by atoms with Crippen LogP contribution in [0, 0.1) is 0 Å². The summed E-state index contributed by atoms with van der Waals surface area (Å²) in [6.07, 6.45) is 0.744. The molecule has 0 atom stereocenters. The van der Waals surface area contributed by atoms with Gasteiger partial charge in [-0.15, -0.1) is 10.2 Å². The van der Waals surface area contributed by atoms with Gasteiger partial charge in [0.25, 0.3) is 0 Å². The number of hydrogen-bond donors (Lipinski definition) is 2. The second kappa shape index (κ2) is 7.56. The van der Waals surface area contributed by atoms with Gasteiger partial charge in [-0.05, 0) is 41.3 Å². The van der Waals surface area contributed by atoms with Crippen LogP contribution in [0.4, 0.5) is 5.82 Å². The van der Waals surface area contributed by atoms with Crippen molar-refractivity contribution in [3.05, 3.63) is 84.6 Å². The van der Waals surface area contributed by atoms with E-state index in [4.69, 9.17) is 10.8 Å². The zero-order valence-corrected chi connectivity index (χ0v) is 18.0. The van der Waals surface area contributed by atoms with Gasteiger partial charge in [0, 0.05) is 0 Å². The molecule has 0 unspecified atom stereocenters. The Bertz CT molecular complexity index is 1580. The fourth-order valence-electron chi connectivity index (χ4n) is 4.22. The third kappa shape index (κ3) is 3.13. The molecule has 0 fully saturated rings. The standard InChI is InChI=1S/C26H21N7/c1-2-19-22(18-12-8-11-17(15-18)16-9-4-3-5-10-16)26-31-30-23(24(27)33(26)32-19)25-28-20-13-6-7-14-21(20)29-25/h3-15H,2,27H2,1H3,(H,28,29). The van der Waals surface area contributed by atoms with E-state index in [-0.39, 0.29) is 0 Å². The van der Waals surface area contributed by atoms with Crippen molar-refractivity contribution in [2.24, 2.45) is 0 Å². The van der Waals surface area contributed by atoms with E-state index in [1.807, 2.05) is 42.5 Å². The molecule has 0 amide bonds. The molecule has 3 aromatic carbocycles. The lowest BCUT2D eigenvalue weighted by Gasteiger charge is -2.07. The van der Waals surface area contributed by atoms with Gasteiger partial charge < -0.3 is 10.7 Å². The number of aryl methyl sites for hydroxylation is 1. The minimum Gasteiger partial charge on any atom is -0.382 e. The minimum atomic E-state index is 0.402. The normalized spacial score (nSPS) is 11.4. The van der Waals surface area contributed by atoms with Gasteiger partial charge in [0.1, 0.15) is 0 Å². The molecule has 7 heteroatoms. The van der Waals surface area contributed by atoms with Gasteiger partial charge in [0.05, 0.1) is 22.3 Å². The molecule has 3 N–H and O–H groups in total. The first-order valence-electron chi connectivity index (χ1n) is 10.9. The number of anilines is 1. The highest BCUT2D eigenvalue weighted by Crippen LogP contribution is 2.33. The average molecular weight is 432 g/mol. The number of imidazole rings is 1. The van der Waals surface area contributed by atoms with E-state index in [9.17, 15) is 0 Å². The summed E-state index contributed by atoms with van der Waals surface area (Å²) in [7, 11) is 0. The van der Waals surface area contributed by atoms with E-state index in [0.29, 0.717) is 23.0 Å². The summed E-state index contributed by atoms with van der Waals surface area (Å²) in [4.78, 5) is 7.90. The third-order valence-corrected chi connectivity index (χ3v) is 5.86. The maximum Gasteiger partial charge on any atom is 0.187 e. The molecule has 0 saturated carbocycles. The average Bonchev–Trinajstić information content (AvgIpc) is 3.47. The number of hydrogen-bond acceptors (Lipinski definition) is 5. The van der Waals surface area contributed by atoms with Crippen molar-refractivity contribution < 1.29 is 0 Å². The van der Waals surface area contributed by atoms with Crippen LogP contribution in [-0.4, -0.2) is 29.8 Å². The summed E-state index contributed by atoms with van der Waals surface area (Å²) >= 11 is 0. The lowest BCUT2D eigenvalue weighted by atomic mass is 9.98. The maximum absolute atomic E-state index is 6.55. The summed E-state index contributed by atoms with van der Waals surface area (Å²) < 4.78 is 1.68. The van der Waals surface area contributed by atoms with Crippen LogP contribution in [0.3, 0.4) is 0 Å². The first-order valence-corrected chi connectivity index (χ1v) is 10.9. The second-order valence-corrected chi connectivity index (χ2v) is 7.89. The monoisotopic (exact) mass is 431 g/mol. The van der Waals surface area contributed by atoms with Gasteiger partial charge in [-0.2, -0.15) is 9.61 Å². The van der Waals surface area contributed by atoms with Gasteiger partial charge in [0.15, 0.2) is 23.0 Å². The molecule has 7 nitrogen and oxygen atoms in total. The van der Waals surface area contributed by atoms with E-state index in [0.717, 1.165) is 45.4 Å². The molecule has 0 saturated heterocycles. The van der Waals surface area contributed by atoms with Gasteiger partial charge in [-0.3, -0.25) is 0 Å². The molecule has 0 aliphatic rings. The quantitative estimate of drug-likeness (QED) is 0.402. The Balaban J connectivity index is 1.52. The number of H-pyrrole nitrogens is 1. The number of fused-ring (bicyclic) bond motifs is 2. The largest absolute Gasteiger partial charge is 0.382 e. The van der Waals surface area contributed by atoms with E-state index in [2.05, 4.69) is 63.5 Å². The molecule has 6 aromatic rings. The van der Waals surface area contributed by atoms with Crippen molar-refractivity contribution in [3.63, 3.8) is 0 Å². The maximum atomic E-state index is 6.55. The van der Waals surface area contributed by atoms with Crippen LogP contribution in [0.1, 0.15) is 12.6 Å². The fourth-order valence-corrected chi connectivity index (χ4v) is 4.22. The Kier molecular flexibility index (Phi) is 4.40. The van der Waals surface area contributed by atoms with E-state index in [1.54, 1.807) is 4.52 Å². The summed E-state index contributed by atoms with van der Waals surface area (Å²) in [6.45, 7) is 2.08. The fraction of sp³-hybridized carbons (Fsp3) is 0.0769. The van der Waals surface area contributed by atoms with E-state index >= 15 is 0 Å². The topological polar surface area (TPSA) is 97.8 Å². The summed E-state index contributed by atoms with van der Waals surface area (Å²) in [5.41, 5.74) is 14.6. The SMILES string of the molecule is CCc1nn2c(N)c(-c3nc4ccccc4[nH]3)nnc2c1-c1cccc(-c2ccccc2)c1. The molecule has 0 spiro atoms. The highest BCUT2D eigenvalue weighted by Gasteiger charge is 2.21. The number of nitrogens with one attached hydrogen (secondary N) is 1. The number of nitrogen functional groups attached to an aromatic ring is 1. The zero-order valence-electron chi connectivity index (χ0n) is 18.0. The van der Waals surface area contributed by atoms with Crippen LogP contribution < -0.4 is 5.73 Å². The number of para-hydroxylation sites is 2. The Morgan fingerprint density at radius 1 is 0.848 bits per heavy atom. The second-order valence-electron chi connectivity index (χ2n) is 7.89. The molecule has 33 heavy (non-hydrogen) atoms. The van der Waals surface area contributed by atoms with Gasteiger partial charge >= 0.3 is 0 Å². The van der Waals surface area contributed by atoms with Gasteiger partial charge in [-0.25, -0.2) is 4.98 Å². The van der Waals surface area contributed by atoms with Crippen molar-refractivity contribution in [2.45, 2.75) is 13.3 Å². The van der Waals surface area contributed by atoms with Crippen LogP contribution in [0.25, 0.3) is 50.5 Å². The lowest BCUT2D eigenvalue weighted by molar-refractivity contribution is 0.870. The summed E-state index contributed by atoms with van der Waals surface area (Å²) in [6, 6.07) is 26.5. The van der Waals surface area contributed by atoms with Crippen molar-refractivity contribution in [1.82, 2.24) is 29.8 Å². The predicted octanol–water partition coefficient (Wildman–Crippen LogP) is 5.15. The molecule has 3 aromatic heterocycles. The van der Waals surface area contributed by atoms with E-state index in [1.165, 1.54) is 0 Å². The highest BCUT2D eigenvalue weighted by atomic mass is 15.3. The van der Waals surface area contributed by atoms with Crippen molar-refractivity contribution in [1.29, 1.82) is 0 Å². The number of nitrogens with zero attached hydrogens (tertiary/aromatic N) is 5. The van der Waals surface area contributed by atoms with Gasteiger partial charge in [0.2, 0.25) is 0 Å². The third-order valence-electron chi connectivity index (χ3n) is 5.86. The minimum absolute atomic E-state index is 0.402. The summed E-state index contributed by atoms with van der Waals surface area (Å²) in [5, 5.41) is 13.8. The Morgan fingerprint density at radius 2 is 1.61 bits per heavy atom. The molecule has 0 aliphatic heterocycles. The highest BCUT2D eigenvalue weighted by molar-refractivity contribution is 5.85. The number of aromatic amines is 1. The van der Waals surface area contributed by atoms with Crippen LogP contribution in [-0.2, 0) is 6.42 Å². The summed E-state index contributed by atoms with van der Waals surface area (Å²) in [5.74, 6) is 0.975. The Labute approximate surface area is 189 Å². The molecular weight excluding hydrogens is 410 g/mol. The predicted molar refractivity (Wildman–Crippen MR) is 131 cm³/mol. The molecule has 0 aliphatic carbocycles. The van der Waals surface area contributed by atoms with Crippen LogP contribution in [0.5, 0.6) is 0 Å². The number of benzene rings is 3. The first kappa shape index (κ1) is 19.2. The zero-order chi connectivity index (χ0) is 22.4. The lowest BCUT2D eigenvalue weighted by Crippen LogP contribution is -2.06. The molecule has 3 heterocycles. The molecule has 6 rings (SSSR count). The molecule has 0 radical (unpaired) electrons. The van der Waals surface area contributed by atoms with Crippen molar-refractivity contribution in [2.75, 3.05) is 5.73 Å². The van der Waals surface area contributed by atoms with Crippen molar-refractivity contribution in [3.8, 4) is 33.8 Å². The number of nitrogens with two attached hydrogens (primary N) is 1. The van der Waals surface area contributed by atoms with Crippen molar-refractivity contribution >= 4 is 22.5 Å². The van der Waals surface area contributed by atoms with Crippen LogP contribution in [0.15, 0.2) is 78.9 Å². The Morgan fingerprint density at radius 3 is 2.42 bits per heavy atom. The van der Waals surface area contributed by atoms with Gasteiger partial charge in [-0.1, -0.05) is 67.6 Å². The van der Waals surface area contributed by atoms with Crippen LogP contribution in [0.2, 0.25) is 0 Å². The molecule has 0 bridgehead atoms. The Hall–Kier alpha value is -4.52. The smallest absolute Gasteiger partial charge is 0.187 e. The molecular formula is C26H21N7. The number of rotatable bonds is 4. The number of aromatic nitrogens is 6. The van der Waals surface area contributed by atoms with E-state index < -0.39 is 0 Å². The van der Waals surface area contributed by atoms with Crippen LogP contribution >= 0.6 is 0 Å².